The van der Waals surface area contributed by atoms with Gasteiger partial charge in [-0.2, -0.15) is 0 Å². The van der Waals surface area contributed by atoms with E-state index in [0.29, 0.717) is 0 Å². The lowest BCUT2D eigenvalue weighted by Crippen LogP contribution is -2.54. The molecule has 3 aliphatic rings. The van der Waals surface area contributed by atoms with Gasteiger partial charge in [0.25, 0.3) is 0 Å². The maximum absolute atomic E-state index is 6.58. The fraction of sp³-hybridized carbons (Fsp3) is 0.400. The lowest BCUT2D eigenvalue weighted by molar-refractivity contribution is -0.106. The molecule has 4 heterocycles. The summed E-state index contributed by atoms with van der Waals surface area (Å²) in [5.74, 6) is 2.12. The van der Waals surface area contributed by atoms with Gasteiger partial charge in [0, 0.05) is 60.0 Å². The van der Waals surface area contributed by atoms with Crippen LogP contribution in [-0.2, 0) is 11.3 Å². The maximum Gasteiger partial charge on any atom is 0.131 e. The zero-order valence-corrected chi connectivity index (χ0v) is 18.7. The Hall–Kier alpha value is -2.28. The molecule has 2 N–H and O–H groups in total. The summed E-state index contributed by atoms with van der Waals surface area (Å²) in [5, 5.41) is 1.22. The predicted molar refractivity (Wildman–Crippen MR) is 128 cm³/mol. The fourth-order valence-corrected chi connectivity index (χ4v) is 6.12. The first kappa shape index (κ1) is 19.4. The molecule has 0 amide bonds. The monoisotopic (exact) mass is 432 g/mol. The van der Waals surface area contributed by atoms with E-state index >= 15 is 0 Å². The van der Waals surface area contributed by atoms with Crippen molar-refractivity contribution in [3.05, 3.63) is 59.7 Å². The number of nitrogens with zero attached hydrogens (tertiary/aromatic N) is 3. The second-order valence-electron chi connectivity index (χ2n) is 9.24. The number of hydrogen-bond acceptors (Lipinski definition) is 6. The normalized spacial score (nSPS) is 22.5. The van der Waals surface area contributed by atoms with Gasteiger partial charge in [-0.15, -0.1) is 11.8 Å². The average Bonchev–Trinajstić information content (AvgIpc) is 2.96. The third-order valence-electron chi connectivity index (χ3n) is 7.03. The molecule has 1 unspecified atom stereocenters. The van der Waals surface area contributed by atoms with E-state index in [2.05, 4.69) is 65.3 Å². The standard InChI is InChI=1S/C25H28N4OS/c1-17-6-7-20-19(10-17)21(29-13-23(26)25(14-29)15-30-16-25)11-24(27-20)28-8-9-31-22-5-3-2-4-18(22)12-28/h2-7,10-11,23H,8-9,12-16,26H2,1H3. The van der Waals surface area contributed by atoms with Crippen molar-refractivity contribution in [1.82, 2.24) is 4.98 Å². The SMILES string of the molecule is Cc1ccc2nc(N3CCSc4ccccc4C3)cc(N3CC(N)C4(COC4)C3)c2c1. The summed E-state index contributed by atoms with van der Waals surface area (Å²) in [6.45, 7) is 7.41. The zero-order valence-electron chi connectivity index (χ0n) is 17.9. The van der Waals surface area contributed by atoms with Crippen LogP contribution >= 0.6 is 11.8 Å². The van der Waals surface area contributed by atoms with Crippen molar-refractivity contribution in [3.63, 3.8) is 0 Å². The van der Waals surface area contributed by atoms with Gasteiger partial charge in [0.2, 0.25) is 0 Å². The Bertz CT molecular complexity index is 1150. The largest absolute Gasteiger partial charge is 0.380 e. The molecule has 6 rings (SSSR count). The van der Waals surface area contributed by atoms with Gasteiger partial charge in [-0.1, -0.05) is 29.8 Å². The molecule has 0 aliphatic carbocycles. The molecule has 2 fully saturated rings. The van der Waals surface area contributed by atoms with Gasteiger partial charge in [0.15, 0.2) is 0 Å². The predicted octanol–water partition coefficient (Wildman–Crippen LogP) is 3.82. The smallest absolute Gasteiger partial charge is 0.131 e. The number of aryl methyl sites for hydroxylation is 1. The summed E-state index contributed by atoms with van der Waals surface area (Å²) in [6.07, 6.45) is 0. The van der Waals surface area contributed by atoms with Crippen molar-refractivity contribution in [1.29, 1.82) is 0 Å². The van der Waals surface area contributed by atoms with Crippen molar-refractivity contribution in [2.45, 2.75) is 24.4 Å². The number of hydrogen-bond donors (Lipinski definition) is 1. The second kappa shape index (κ2) is 7.40. The van der Waals surface area contributed by atoms with Crippen LogP contribution in [0.4, 0.5) is 11.5 Å². The van der Waals surface area contributed by atoms with E-state index in [-0.39, 0.29) is 11.5 Å². The molecule has 6 heteroatoms. The molecule has 3 aromatic rings. The molecule has 0 saturated carbocycles. The summed E-state index contributed by atoms with van der Waals surface area (Å²) >= 11 is 1.94. The molecular weight excluding hydrogens is 404 g/mol. The lowest BCUT2D eigenvalue weighted by atomic mass is 9.82. The first-order chi connectivity index (χ1) is 15.1. The van der Waals surface area contributed by atoms with E-state index in [1.165, 1.54) is 27.1 Å². The minimum absolute atomic E-state index is 0.109. The number of pyridine rings is 1. The number of thioether (sulfide) groups is 1. The number of fused-ring (bicyclic) bond motifs is 2. The number of anilines is 2. The van der Waals surface area contributed by atoms with Crippen molar-refractivity contribution in [2.75, 3.05) is 48.4 Å². The Balaban J connectivity index is 1.43. The van der Waals surface area contributed by atoms with Crippen molar-refractivity contribution < 1.29 is 4.74 Å². The van der Waals surface area contributed by atoms with Crippen molar-refractivity contribution in [2.24, 2.45) is 11.1 Å². The Morgan fingerprint density at radius 3 is 2.81 bits per heavy atom. The molecule has 1 atom stereocenters. The zero-order chi connectivity index (χ0) is 21.0. The van der Waals surface area contributed by atoms with Gasteiger partial charge < -0.3 is 20.3 Å². The quantitative estimate of drug-likeness (QED) is 0.664. The Labute approximate surface area is 187 Å². The summed E-state index contributed by atoms with van der Waals surface area (Å²) in [6, 6.07) is 17.8. The van der Waals surface area contributed by atoms with E-state index < -0.39 is 0 Å². The summed E-state index contributed by atoms with van der Waals surface area (Å²) < 4.78 is 5.56. The van der Waals surface area contributed by atoms with Crippen LogP contribution in [0.5, 0.6) is 0 Å². The molecule has 2 aromatic carbocycles. The van der Waals surface area contributed by atoms with Crippen LogP contribution in [-0.4, -0.2) is 49.6 Å². The van der Waals surface area contributed by atoms with Crippen LogP contribution in [0.15, 0.2) is 53.4 Å². The van der Waals surface area contributed by atoms with E-state index in [9.17, 15) is 0 Å². The number of nitrogens with two attached hydrogens (primary N) is 1. The highest BCUT2D eigenvalue weighted by molar-refractivity contribution is 7.99. The Morgan fingerprint density at radius 1 is 1.13 bits per heavy atom. The van der Waals surface area contributed by atoms with Gasteiger partial charge in [0.05, 0.1) is 24.1 Å². The highest BCUT2D eigenvalue weighted by Gasteiger charge is 2.50. The van der Waals surface area contributed by atoms with Crippen LogP contribution < -0.4 is 15.5 Å². The van der Waals surface area contributed by atoms with E-state index in [1.54, 1.807) is 0 Å². The van der Waals surface area contributed by atoms with Crippen LogP contribution in [0.2, 0.25) is 0 Å². The van der Waals surface area contributed by atoms with Crippen LogP contribution in [0, 0.1) is 12.3 Å². The molecule has 1 aromatic heterocycles. The van der Waals surface area contributed by atoms with Crippen molar-refractivity contribution >= 4 is 34.2 Å². The minimum Gasteiger partial charge on any atom is -0.380 e. The minimum atomic E-state index is 0.109. The molecule has 5 nitrogen and oxygen atoms in total. The number of aromatic nitrogens is 1. The molecule has 3 aliphatic heterocycles. The first-order valence-electron chi connectivity index (χ1n) is 11.1. The maximum atomic E-state index is 6.58. The Kier molecular flexibility index (Phi) is 4.63. The summed E-state index contributed by atoms with van der Waals surface area (Å²) in [5.41, 5.74) is 11.6. The third kappa shape index (κ3) is 3.28. The van der Waals surface area contributed by atoms with Gasteiger partial charge in [-0.05, 0) is 30.7 Å². The van der Waals surface area contributed by atoms with Gasteiger partial charge >= 0.3 is 0 Å². The first-order valence-corrected chi connectivity index (χ1v) is 12.1. The Morgan fingerprint density at radius 2 is 2.00 bits per heavy atom. The van der Waals surface area contributed by atoms with E-state index in [0.717, 1.165) is 56.5 Å². The number of ether oxygens (including phenoxy) is 1. The van der Waals surface area contributed by atoms with Gasteiger partial charge in [-0.3, -0.25) is 0 Å². The topological polar surface area (TPSA) is 54.6 Å². The highest BCUT2D eigenvalue weighted by Crippen LogP contribution is 2.42. The number of benzene rings is 2. The second-order valence-corrected chi connectivity index (χ2v) is 10.4. The number of rotatable bonds is 2. The summed E-state index contributed by atoms with van der Waals surface area (Å²) in [7, 11) is 0. The molecular formula is C25H28N4OS. The average molecular weight is 433 g/mol. The fourth-order valence-electron chi connectivity index (χ4n) is 5.10. The van der Waals surface area contributed by atoms with Crippen molar-refractivity contribution in [3.8, 4) is 0 Å². The van der Waals surface area contributed by atoms with Crippen LogP contribution in [0.25, 0.3) is 10.9 Å². The molecule has 1 spiro atoms. The van der Waals surface area contributed by atoms with Crippen LogP contribution in [0.3, 0.4) is 0 Å². The van der Waals surface area contributed by atoms with E-state index in [1.807, 2.05) is 11.8 Å². The lowest BCUT2D eigenvalue weighted by Gasteiger charge is -2.40. The van der Waals surface area contributed by atoms with Gasteiger partial charge in [0.1, 0.15) is 5.82 Å². The molecule has 2 saturated heterocycles. The molecule has 0 bridgehead atoms. The molecule has 0 radical (unpaired) electrons. The highest BCUT2D eigenvalue weighted by atomic mass is 32.2. The van der Waals surface area contributed by atoms with E-state index in [4.69, 9.17) is 15.5 Å². The summed E-state index contributed by atoms with van der Waals surface area (Å²) in [4.78, 5) is 11.4. The molecule has 160 valence electrons. The van der Waals surface area contributed by atoms with Gasteiger partial charge in [-0.25, -0.2) is 4.98 Å². The van der Waals surface area contributed by atoms with Crippen LogP contribution in [0.1, 0.15) is 11.1 Å². The molecule has 31 heavy (non-hydrogen) atoms. The third-order valence-corrected chi connectivity index (χ3v) is 8.13.